The first-order chi connectivity index (χ1) is 61.5. The number of carbonyl (C=O) groups is 7. The summed E-state index contributed by atoms with van der Waals surface area (Å²) in [7, 11) is 6.17. The number of hydrogen-bond acceptors (Lipinski definition) is 17. The molecule has 6 heterocycles. The average Bonchev–Trinajstić information content (AvgIpc) is 1.73. The zero-order valence-corrected chi connectivity index (χ0v) is 76.3. The lowest BCUT2D eigenvalue weighted by Crippen LogP contribution is -2.51. The molecule has 0 bridgehead atoms. The summed E-state index contributed by atoms with van der Waals surface area (Å²) >= 11 is 39.5. The lowest BCUT2D eigenvalue weighted by Gasteiger charge is -2.35. The van der Waals surface area contributed by atoms with Crippen molar-refractivity contribution in [2.24, 2.45) is 0 Å². The summed E-state index contributed by atoms with van der Waals surface area (Å²) in [4.78, 5) is 110. The molecule has 0 saturated carbocycles. The number of halogens is 6. The molecule has 0 spiro atoms. The van der Waals surface area contributed by atoms with Crippen LogP contribution in [0.5, 0.6) is 0 Å². The van der Waals surface area contributed by atoms with Crippen LogP contribution in [0, 0.1) is 0 Å². The van der Waals surface area contributed by atoms with Crippen molar-refractivity contribution in [2.45, 2.75) is 107 Å². The highest BCUT2D eigenvalue weighted by Gasteiger charge is 2.40. The highest BCUT2D eigenvalue weighted by atomic mass is 35.5. The predicted molar refractivity (Wildman–Crippen MR) is 490 cm³/mol. The fraction of sp³-hybridized carbons (Fsp3) is 0.433. The Labute approximate surface area is 771 Å². The van der Waals surface area contributed by atoms with Gasteiger partial charge in [0.15, 0.2) is 0 Å². The Kier molecular flexibility index (Phi) is 31.7. The maximum absolute atomic E-state index is 14.5. The molecular weight excluding hydrogens is 1740 g/mol. The zero-order chi connectivity index (χ0) is 88.8. The van der Waals surface area contributed by atoms with Gasteiger partial charge in [0.05, 0.1) is 79.3 Å². The molecule has 3 atom stereocenters. The van der Waals surface area contributed by atoms with Crippen LogP contribution in [0.2, 0.25) is 30.1 Å². The van der Waals surface area contributed by atoms with Gasteiger partial charge >= 0.3 is 6.09 Å². The first-order valence-corrected chi connectivity index (χ1v) is 45.9. The van der Waals surface area contributed by atoms with Gasteiger partial charge in [-0.25, -0.2) is 4.79 Å². The van der Waals surface area contributed by atoms with Crippen LogP contribution in [-0.4, -0.2) is 242 Å². The highest BCUT2D eigenvalue weighted by molar-refractivity contribution is 6.36. The summed E-state index contributed by atoms with van der Waals surface area (Å²) < 4.78 is 41.6. The van der Waals surface area contributed by atoms with E-state index in [1.54, 1.807) is 32.9 Å². The molecule has 4 N–H and O–H groups in total. The van der Waals surface area contributed by atoms with Crippen molar-refractivity contribution in [3.63, 3.8) is 0 Å². The first kappa shape index (κ1) is 92.9. The Bertz CT molecular complexity index is 4910. The molecule has 7 aliphatic rings. The number of alkyl carbamates (subject to hydrolysis) is 1. The molecule has 15 rings (SSSR count). The lowest BCUT2D eigenvalue weighted by molar-refractivity contribution is -0.121. The second-order valence-corrected chi connectivity index (χ2v) is 36.5. The Balaban J connectivity index is 0.523. The molecule has 8 aromatic carbocycles. The lowest BCUT2D eigenvalue weighted by atomic mass is 9.83. The number of ether oxygens (including phenoxy) is 7. The quantitative estimate of drug-likeness (QED) is 0.0260. The number of benzene rings is 8. The molecule has 8 aromatic rings. The minimum Gasteiger partial charge on any atom is -0.449 e. The van der Waals surface area contributed by atoms with Gasteiger partial charge in [0.25, 0.3) is 17.7 Å². The third-order valence-corrected chi connectivity index (χ3v) is 26.9. The number of carbonyl (C=O) groups excluding carboxylic acids is 7. The zero-order valence-electron chi connectivity index (χ0n) is 71.8. The predicted octanol–water partition coefficient (Wildman–Crippen LogP) is 14.7. The summed E-state index contributed by atoms with van der Waals surface area (Å²) in [5.41, 5.74) is 17.1. The molecule has 0 saturated heterocycles. The largest absolute Gasteiger partial charge is 0.449 e. The van der Waals surface area contributed by atoms with Gasteiger partial charge in [0.2, 0.25) is 17.7 Å². The van der Waals surface area contributed by atoms with E-state index in [2.05, 4.69) is 75.3 Å². The summed E-state index contributed by atoms with van der Waals surface area (Å²) in [6, 6.07) is 45.6. The van der Waals surface area contributed by atoms with E-state index in [4.69, 9.17) is 103 Å². The molecule has 672 valence electrons. The van der Waals surface area contributed by atoms with Crippen LogP contribution in [0.15, 0.2) is 140 Å². The average molecular weight is 1850 g/mol. The van der Waals surface area contributed by atoms with E-state index in [0.717, 1.165) is 109 Å². The van der Waals surface area contributed by atoms with E-state index in [0.29, 0.717) is 126 Å². The molecule has 24 nitrogen and oxygen atoms in total. The van der Waals surface area contributed by atoms with Gasteiger partial charge in [-0.1, -0.05) is 155 Å². The molecule has 30 heteroatoms. The van der Waals surface area contributed by atoms with Crippen molar-refractivity contribution in [3.8, 4) is 11.1 Å². The van der Waals surface area contributed by atoms with Crippen LogP contribution in [0.4, 0.5) is 4.79 Å². The van der Waals surface area contributed by atoms with Crippen molar-refractivity contribution in [2.75, 3.05) is 166 Å². The number of fused-ring (bicyclic) bond motifs is 9. The molecule has 6 aliphatic heterocycles. The number of hydrogen-bond donors (Lipinski definition) is 4. The van der Waals surface area contributed by atoms with Crippen molar-refractivity contribution < 1.29 is 66.7 Å². The third-order valence-electron chi connectivity index (χ3n) is 25.3. The van der Waals surface area contributed by atoms with E-state index in [1.165, 1.54) is 0 Å². The van der Waals surface area contributed by atoms with Crippen LogP contribution in [0.3, 0.4) is 0 Å². The van der Waals surface area contributed by atoms with Crippen LogP contribution in [0.1, 0.15) is 171 Å². The maximum atomic E-state index is 14.5. The van der Waals surface area contributed by atoms with E-state index in [9.17, 15) is 33.6 Å². The molecular formula is C97H108Cl6N10O14. The van der Waals surface area contributed by atoms with Crippen LogP contribution < -0.4 is 21.3 Å². The SMILES string of the molecule is CN1Cc2c(Cl)cc(Cl)cc2C(c2ccc3c(c2)C(=O)N(CCOCCOCCNC(=O)CCC(CCC(=O)NCCOCCOCCN2Cc4ccc(C5CN(C)Cc6c(Cl)cc(Cl)cc65)cc4C2=O)(CCC(=O)NCCOCCOCCN2Cc4ccc(C5CN(C)Cc6c(Cl)cc(Cl)cc65)cc4C2=O)NC(=O)OCC2c4ccccc4-c4ccccc42)C3)C1. The maximum Gasteiger partial charge on any atom is 0.407 e. The first-order valence-electron chi connectivity index (χ1n) is 43.7. The number of nitrogens with one attached hydrogen (secondary N) is 4. The highest BCUT2D eigenvalue weighted by Crippen LogP contribution is 2.47. The van der Waals surface area contributed by atoms with Crippen LogP contribution in [-0.2, 0) is 86.8 Å². The van der Waals surface area contributed by atoms with Crippen molar-refractivity contribution in [3.05, 3.63) is 264 Å². The summed E-state index contributed by atoms with van der Waals surface area (Å²) in [6.07, 6.45) is -1.03. The van der Waals surface area contributed by atoms with Gasteiger partial charge in [-0.05, 0) is 184 Å². The summed E-state index contributed by atoms with van der Waals surface area (Å²) in [5.74, 6) is -1.49. The second kappa shape index (κ2) is 43.3. The van der Waals surface area contributed by atoms with Crippen molar-refractivity contribution in [1.29, 1.82) is 0 Å². The van der Waals surface area contributed by atoms with Gasteiger partial charge in [0, 0.05) is 193 Å². The smallest absolute Gasteiger partial charge is 0.407 e. The Morgan fingerprint density at radius 1 is 0.370 bits per heavy atom. The van der Waals surface area contributed by atoms with Gasteiger partial charge in [0.1, 0.15) is 6.61 Å². The van der Waals surface area contributed by atoms with Crippen LogP contribution in [0.25, 0.3) is 11.1 Å². The van der Waals surface area contributed by atoms with Gasteiger partial charge < -0.3 is 83.8 Å². The normalized spacial score (nSPS) is 17.5. The minimum absolute atomic E-state index is 0.00202. The molecule has 0 aromatic heterocycles. The fourth-order valence-electron chi connectivity index (χ4n) is 18.7. The second-order valence-electron chi connectivity index (χ2n) is 34.0. The monoisotopic (exact) mass is 1850 g/mol. The van der Waals surface area contributed by atoms with Crippen molar-refractivity contribution >= 4 is 111 Å². The number of rotatable bonds is 42. The molecule has 127 heavy (non-hydrogen) atoms. The molecule has 7 amide bonds. The van der Waals surface area contributed by atoms with E-state index >= 15 is 0 Å². The summed E-state index contributed by atoms with van der Waals surface area (Å²) in [6.45, 7) is 10.3. The molecule has 3 unspecified atom stereocenters. The molecule has 1 aliphatic carbocycles. The van der Waals surface area contributed by atoms with E-state index in [-0.39, 0.29) is 183 Å². The van der Waals surface area contributed by atoms with E-state index < -0.39 is 11.6 Å². The van der Waals surface area contributed by atoms with Gasteiger partial charge in [-0.15, -0.1) is 0 Å². The Hall–Kier alpha value is -8.77. The van der Waals surface area contributed by atoms with Crippen molar-refractivity contribution in [1.82, 2.24) is 50.7 Å². The molecule has 0 radical (unpaired) electrons. The number of nitrogens with zero attached hydrogens (tertiary/aromatic N) is 6. The summed E-state index contributed by atoms with van der Waals surface area (Å²) in [5, 5.41) is 15.5. The Morgan fingerprint density at radius 2 is 0.685 bits per heavy atom. The number of amides is 7. The third kappa shape index (κ3) is 23.0. The molecule has 0 fully saturated rings. The standard InChI is InChI=1S/C97H108Cl6N10O14/c1-108-54-80(77-45-67(98)48-87(101)83(77)57-108)61-12-15-64-51-111(93(117)74(64)42-61)27-33-124-39-36-121-30-24-104-90(114)18-21-97(107-96(120)127-60-86-72-10-6-4-8-70(72)71-9-5-7-11-73(71)86,22-19-91(115)105-25-31-122-37-40-125-34-28-112-52-65-16-13-62(43-75(65)94(112)118)81-55-109(2)58-84-78(81)46-68(99)49-88(84)102)23-20-92(116)106-26-32-123-38-41-126-35-29-113-53-66-17-14-63(44-76(66)95(113)119)82-56-110(3)59-85-79(82)47-69(100)50-89(85)103/h4-17,42-50,80-82,86H,18-41,51-60H2,1-3H3,(H,104,114)(H,105,115)(H,106,116)(H,107,120). The van der Waals surface area contributed by atoms with Gasteiger partial charge in [-0.3, -0.25) is 28.8 Å². The Morgan fingerprint density at radius 3 is 1.02 bits per heavy atom. The number of likely N-dealkylation sites (N-methyl/N-ethyl adjacent to an activating group) is 3. The van der Waals surface area contributed by atoms with Crippen LogP contribution >= 0.6 is 69.6 Å². The minimum atomic E-state index is -1.33. The van der Waals surface area contributed by atoms with Gasteiger partial charge in [-0.2, -0.15) is 0 Å². The topological polar surface area (TPSA) is 252 Å². The fourth-order valence-corrected chi connectivity index (χ4v) is 20.4. The van der Waals surface area contributed by atoms with E-state index in [1.807, 2.05) is 103 Å².